The zero-order valence-corrected chi connectivity index (χ0v) is 5.06. The lowest BCUT2D eigenvalue weighted by Gasteiger charge is -2.31. The lowest BCUT2D eigenvalue weighted by Crippen LogP contribution is -2.38. The maximum atomic E-state index is 11.4. The van der Waals surface area contributed by atoms with Crippen LogP contribution in [0.25, 0.3) is 0 Å². The largest absolute Gasteiger partial charge is 0.522 e. The first-order valence-electron chi connectivity index (χ1n) is 2.90. The van der Waals surface area contributed by atoms with Crippen molar-refractivity contribution in [3.63, 3.8) is 0 Å². The van der Waals surface area contributed by atoms with Gasteiger partial charge in [-0.2, -0.15) is 0 Å². The van der Waals surface area contributed by atoms with Crippen LogP contribution in [0.2, 0.25) is 0 Å². The molecule has 0 aliphatic heterocycles. The van der Waals surface area contributed by atoms with Crippen LogP contribution < -0.4 is 0 Å². The second-order valence-electron chi connectivity index (χ2n) is 2.31. The highest BCUT2D eigenvalue weighted by atomic mass is 19.4. The maximum absolute atomic E-state index is 11.4. The number of hydrogen-bond acceptors (Lipinski definition) is 2. The fraction of sp³-hybridized carbons (Fsp3) is 1.00. The Kier molecular flexibility index (Phi) is 1.87. The summed E-state index contributed by atoms with van der Waals surface area (Å²) in [5.74, 6) is 0. The Balaban J connectivity index is 2.16. The number of aliphatic hydroxyl groups is 1. The summed E-state index contributed by atoms with van der Waals surface area (Å²) < 4.78 is 37.6. The molecule has 0 aromatic carbocycles. The van der Waals surface area contributed by atoms with E-state index in [4.69, 9.17) is 5.11 Å². The van der Waals surface area contributed by atoms with E-state index >= 15 is 0 Å². The van der Waals surface area contributed by atoms with Crippen molar-refractivity contribution in [2.24, 2.45) is 0 Å². The Morgan fingerprint density at radius 2 is 1.80 bits per heavy atom. The summed E-state index contributed by atoms with van der Waals surface area (Å²) in [5, 5.41) is 8.57. The molecule has 0 heterocycles. The first-order valence-corrected chi connectivity index (χ1v) is 2.90. The van der Waals surface area contributed by atoms with Gasteiger partial charge in [-0.3, -0.25) is 4.74 Å². The fourth-order valence-corrected chi connectivity index (χ4v) is 0.823. The third kappa shape index (κ3) is 2.15. The van der Waals surface area contributed by atoms with E-state index in [-0.39, 0.29) is 12.8 Å². The van der Waals surface area contributed by atoms with Crippen LogP contribution in [0, 0.1) is 0 Å². The lowest BCUT2D eigenvalue weighted by atomic mass is 9.92. The van der Waals surface area contributed by atoms with Gasteiger partial charge in [0.05, 0.1) is 12.2 Å². The minimum atomic E-state index is -4.55. The molecule has 1 aliphatic rings. The van der Waals surface area contributed by atoms with Crippen LogP contribution in [0.1, 0.15) is 12.8 Å². The molecule has 1 rings (SSSR count). The van der Waals surface area contributed by atoms with Crippen molar-refractivity contribution in [2.45, 2.75) is 31.4 Å². The average molecular weight is 156 g/mol. The summed E-state index contributed by atoms with van der Waals surface area (Å²) in [6, 6.07) is 0. The Labute approximate surface area is 55.6 Å². The molecular weight excluding hydrogens is 149 g/mol. The highest BCUT2D eigenvalue weighted by molar-refractivity contribution is 4.79. The van der Waals surface area contributed by atoms with Crippen molar-refractivity contribution < 1.29 is 23.0 Å². The number of rotatable bonds is 1. The smallest absolute Gasteiger partial charge is 0.393 e. The van der Waals surface area contributed by atoms with Crippen LogP contribution in [0.15, 0.2) is 0 Å². The maximum Gasteiger partial charge on any atom is 0.522 e. The predicted molar refractivity (Wildman–Crippen MR) is 26.2 cm³/mol. The molecule has 0 spiro atoms. The van der Waals surface area contributed by atoms with Crippen molar-refractivity contribution in [1.29, 1.82) is 0 Å². The Hall–Kier alpha value is -0.290. The molecule has 0 aromatic rings. The standard InChI is InChI=1S/C5H7F3O2/c6-5(7,8)10-4-1-3(9)2-4/h3-4,9H,1-2H2/t3-,4-. The third-order valence-electron chi connectivity index (χ3n) is 1.37. The number of alkyl halides is 3. The van der Waals surface area contributed by atoms with Crippen molar-refractivity contribution in [3.8, 4) is 0 Å². The quantitative estimate of drug-likeness (QED) is 0.614. The molecule has 1 fully saturated rings. The SMILES string of the molecule is O[C@H]1C[C@H](OC(F)(F)F)C1. The summed E-state index contributed by atoms with van der Waals surface area (Å²) in [4.78, 5) is 0. The van der Waals surface area contributed by atoms with Crippen LogP contribution in [0.3, 0.4) is 0 Å². The van der Waals surface area contributed by atoms with Crippen molar-refractivity contribution in [1.82, 2.24) is 0 Å². The van der Waals surface area contributed by atoms with Gasteiger partial charge in [0.1, 0.15) is 0 Å². The van der Waals surface area contributed by atoms with E-state index in [1.807, 2.05) is 0 Å². The topological polar surface area (TPSA) is 29.5 Å². The molecule has 2 nitrogen and oxygen atoms in total. The van der Waals surface area contributed by atoms with Crippen LogP contribution in [-0.4, -0.2) is 23.7 Å². The number of ether oxygens (including phenoxy) is 1. The highest BCUT2D eigenvalue weighted by Crippen LogP contribution is 2.29. The summed E-state index contributed by atoms with van der Waals surface area (Å²) >= 11 is 0. The number of halogens is 3. The average Bonchev–Trinajstić information content (AvgIpc) is 1.57. The molecule has 1 aliphatic carbocycles. The Morgan fingerprint density at radius 3 is 2.10 bits per heavy atom. The predicted octanol–water partition coefficient (Wildman–Crippen LogP) is 1.05. The van der Waals surface area contributed by atoms with Gasteiger partial charge in [0, 0.05) is 12.8 Å². The molecule has 0 atom stereocenters. The van der Waals surface area contributed by atoms with Crippen molar-refractivity contribution in [3.05, 3.63) is 0 Å². The zero-order valence-electron chi connectivity index (χ0n) is 5.06. The molecule has 1 N–H and O–H groups in total. The molecule has 5 heteroatoms. The molecule has 0 unspecified atom stereocenters. The third-order valence-corrected chi connectivity index (χ3v) is 1.37. The molecule has 10 heavy (non-hydrogen) atoms. The summed E-state index contributed by atoms with van der Waals surface area (Å²) in [7, 11) is 0. The number of hydrogen-bond donors (Lipinski definition) is 1. The molecule has 60 valence electrons. The van der Waals surface area contributed by atoms with Gasteiger partial charge in [0.2, 0.25) is 0 Å². The molecule has 0 bridgehead atoms. The van der Waals surface area contributed by atoms with E-state index in [1.54, 1.807) is 0 Å². The van der Waals surface area contributed by atoms with Crippen LogP contribution >= 0.6 is 0 Å². The second kappa shape index (κ2) is 2.39. The minimum absolute atomic E-state index is 0.0967. The normalized spacial score (nSPS) is 33.6. The number of aliphatic hydroxyl groups excluding tert-OH is 1. The van der Waals surface area contributed by atoms with E-state index in [0.717, 1.165) is 0 Å². The molecule has 0 aromatic heterocycles. The van der Waals surface area contributed by atoms with Gasteiger partial charge in [0.15, 0.2) is 0 Å². The molecule has 0 amide bonds. The van der Waals surface area contributed by atoms with Gasteiger partial charge in [-0.25, -0.2) is 0 Å². The van der Waals surface area contributed by atoms with E-state index < -0.39 is 18.6 Å². The van der Waals surface area contributed by atoms with Crippen LogP contribution in [0.5, 0.6) is 0 Å². The van der Waals surface area contributed by atoms with E-state index in [0.29, 0.717) is 0 Å². The Bertz CT molecular complexity index is 117. The van der Waals surface area contributed by atoms with Crippen molar-refractivity contribution in [2.75, 3.05) is 0 Å². The summed E-state index contributed by atoms with van der Waals surface area (Å²) in [6.07, 6.45) is -5.79. The Morgan fingerprint density at radius 1 is 1.30 bits per heavy atom. The van der Waals surface area contributed by atoms with E-state index in [9.17, 15) is 13.2 Å². The first-order chi connectivity index (χ1) is 4.47. The van der Waals surface area contributed by atoms with Gasteiger partial charge in [0.25, 0.3) is 0 Å². The molecule has 1 saturated carbocycles. The molecular formula is C5H7F3O2. The van der Waals surface area contributed by atoms with Gasteiger partial charge < -0.3 is 5.11 Å². The molecule has 0 radical (unpaired) electrons. The second-order valence-corrected chi connectivity index (χ2v) is 2.31. The van der Waals surface area contributed by atoms with Crippen LogP contribution in [-0.2, 0) is 4.74 Å². The van der Waals surface area contributed by atoms with Crippen LogP contribution in [0.4, 0.5) is 13.2 Å². The summed E-state index contributed by atoms with van der Waals surface area (Å²) in [6.45, 7) is 0. The van der Waals surface area contributed by atoms with Gasteiger partial charge >= 0.3 is 6.36 Å². The van der Waals surface area contributed by atoms with Gasteiger partial charge in [-0.15, -0.1) is 13.2 Å². The summed E-state index contributed by atoms with van der Waals surface area (Å²) in [5.41, 5.74) is 0. The van der Waals surface area contributed by atoms with Crippen molar-refractivity contribution >= 4 is 0 Å². The molecule has 0 saturated heterocycles. The van der Waals surface area contributed by atoms with Gasteiger partial charge in [-0.05, 0) is 0 Å². The fourth-order valence-electron chi connectivity index (χ4n) is 0.823. The highest BCUT2D eigenvalue weighted by Gasteiger charge is 2.39. The zero-order chi connectivity index (χ0) is 7.78. The van der Waals surface area contributed by atoms with Gasteiger partial charge in [-0.1, -0.05) is 0 Å². The lowest BCUT2D eigenvalue weighted by molar-refractivity contribution is -0.355. The minimum Gasteiger partial charge on any atom is -0.393 e. The first kappa shape index (κ1) is 7.81. The van der Waals surface area contributed by atoms with E-state index in [2.05, 4.69) is 4.74 Å². The monoisotopic (exact) mass is 156 g/mol. The van der Waals surface area contributed by atoms with E-state index in [1.165, 1.54) is 0 Å².